The lowest BCUT2D eigenvalue weighted by molar-refractivity contribution is -0.151. The van der Waals surface area contributed by atoms with Crippen LogP contribution in [0.5, 0.6) is 0 Å². The number of rotatable bonds is 3. The lowest BCUT2D eigenvalue weighted by Crippen LogP contribution is -2.60. The number of amides is 1. The van der Waals surface area contributed by atoms with Crippen LogP contribution >= 0.6 is 0 Å². The van der Waals surface area contributed by atoms with Gasteiger partial charge in [0.15, 0.2) is 6.10 Å². The molecule has 1 atom stereocenters. The fraction of sp³-hybridized carbons (Fsp3) is 0.909. The second kappa shape index (κ2) is 4.69. The van der Waals surface area contributed by atoms with Gasteiger partial charge in [0.1, 0.15) is 0 Å². The fourth-order valence-electron chi connectivity index (χ4n) is 1.18. The van der Waals surface area contributed by atoms with E-state index in [1.807, 2.05) is 0 Å². The van der Waals surface area contributed by atoms with Crippen molar-refractivity contribution in [2.75, 3.05) is 19.8 Å². The van der Waals surface area contributed by atoms with Gasteiger partial charge >= 0.3 is 0 Å². The first-order valence-corrected chi connectivity index (χ1v) is 5.48. The molecule has 0 aromatic heterocycles. The quantitative estimate of drug-likeness (QED) is 0.721. The SMILES string of the molecule is CC(C)(O)C(C)(C)NC(=O)C1COCCO1. The Bertz CT molecular complexity index is 251. The third-order valence-corrected chi connectivity index (χ3v) is 3.07. The van der Waals surface area contributed by atoms with Crippen molar-refractivity contribution in [3.8, 4) is 0 Å². The van der Waals surface area contributed by atoms with Gasteiger partial charge in [-0.15, -0.1) is 0 Å². The molecule has 5 nitrogen and oxygen atoms in total. The maximum absolute atomic E-state index is 11.8. The van der Waals surface area contributed by atoms with Gasteiger partial charge in [-0.2, -0.15) is 0 Å². The Morgan fingerprint density at radius 1 is 1.31 bits per heavy atom. The van der Waals surface area contributed by atoms with Gasteiger partial charge in [0.25, 0.3) is 5.91 Å². The van der Waals surface area contributed by atoms with E-state index in [-0.39, 0.29) is 12.5 Å². The first kappa shape index (κ1) is 13.4. The highest BCUT2D eigenvalue weighted by Gasteiger charge is 2.38. The molecule has 16 heavy (non-hydrogen) atoms. The number of carbonyl (C=O) groups excluding carboxylic acids is 1. The van der Waals surface area contributed by atoms with E-state index >= 15 is 0 Å². The van der Waals surface area contributed by atoms with Crippen molar-refractivity contribution in [2.45, 2.75) is 44.9 Å². The summed E-state index contributed by atoms with van der Waals surface area (Å²) in [4.78, 5) is 11.8. The summed E-state index contributed by atoms with van der Waals surface area (Å²) in [7, 11) is 0. The molecule has 94 valence electrons. The Hall–Kier alpha value is -0.650. The molecule has 0 aliphatic carbocycles. The van der Waals surface area contributed by atoms with Gasteiger partial charge in [-0.1, -0.05) is 0 Å². The van der Waals surface area contributed by atoms with Crippen LogP contribution in [-0.4, -0.2) is 48.1 Å². The van der Waals surface area contributed by atoms with Crippen LogP contribution in [0.4, 0.5) is 0 Å². The second-order valence-electron chi connectivity index (χ2n) is 5.11. The Morgan fingerprint density at radius 2 is 1.94 bits per heavy atom. The number of carbonyl (C=O) groups is 1. The highest BCUT2D eigenvalue weighted by molar-refractivity contribution is 5.81. The highest BCUT2D eigenvalue weighted by Crippen LogP contribution is 2.20. The van der Waals surface area contributed by atoms with E-state index in [2.05, 4.69) is 5.32 Å². The molecular weight excluding hydrogens is 210 g/mol. The van der Waals surface area contributed by atoms with Crippen molar-refractivity contribution in [1.29, 1.82) is 0 Å². The minimum atomic E-state index is -1.00. The minimum absolute atomic E-state index is 0.244. The predicted octanol–water partition coefficient (Wildman–Crippen LogP) is 0.0675. The van der Waals surface area contributed by atoms with Gasteiger partial charge < -0.3 is 19.9 Å². The second-order valence-corrected chi connectivity index (χ2v) is 5.11. The van der Waals surface area contributed by atoms with Crippen LogP contribution in [0, 0.1) is 0 Å². The van der Waals surface area contributed by atoms with Crippen molar-refractivity contribution in [1.82, 2.24) is 5.32 Å². The summed E-state index contributed by atoms with van der Waals surface area (Å²) in [6.45, 7) is 8.09. The van der Waals surface area contributed by atoms with Crippen LogP contribution in [0.15, 0.2) is 0 Å². The van der Waals surface area contributed by atoms with E-state index in [9.17, 15) is 9.90 Å². The molecule has 0 radical (unpaired) electrons. The number of hydrogen-bond donors (Lipinski definition) is 2. The zero-order chi connectivity index (χ0) is 12.4. The average molecular weight is 231 g/mol. The third-order valence-electron chi connectivity index (χ3n) is 3.07. The minimum Gasteiger partial charge on any atom is -0.388 e. The third kappa shape index (κ3) is 3.17. The highest BCUT2D eigenvalue weighted by atomic mass is 16.6. The smallest absolute Gasteiger partial charge is 0.252 e. The van der Waals surface area contributed by atoms with Crippen molar-refractivity contribution < 1.29 is 19.4 Å². The fourth-order valence-corrected chi connectivity index (χ4v) is 1.18. The van der Waals surface area contributed by atoms with Crippen LogP contribution < -0.4 is 5.32 Å². The van der Waals surface area contributed by atoms with Crippen LogP contribution in [0.2, 0.25) is 0 Å². The zero-order valence-corrected chi connectivity index (χ0v) is 10.4. The molecule has 0 aromatic carbocycles. The topological polar surface area (TPSA) is 67.8 Å². The van der Waals surface area contributed by atoms with Crippen molar-refractivity contribution in [2.24, 2.45) is 0 Å². The molecule has 1 amide bonds. The summed E-state index contributed by atoms with van der Waals surface area (Å²) in [5, 5.41) is 12.7. The predicted molar refractivity (Wildman–Crippen MR) is 59.1 cm³/mol. The average Bonchev–Trinajstić information content (AvgIpc) is 2.16. The van der Waals surface area contributed by atoms with Crippen molar-refractivity contribution in [3.63, 3.8) is 0 Å². The number of hydrogen-bond acceptors (Lipinski definition) is 4. The molecule has 1 rings (SSSR count). The van der Waals surface area contributed by atoms with Crippen molar-refractivity contribution >= 4 is 5.91 Å². The molecule has 1 heterocycles. The summed E-state index contributed by atoms with van der Waals surface area (Å²) in [5.41, 5.74) is -1.72. The molecule has 0 aromatic rings. The van der Waals surface area contributed by atoms with Crippen LogP contribution in [0.1, 0.15) is 27.7 Å². The lowest BCUT2D eigenvalue weighted by atomic mass is 9.86. The first-order valence-electron chi connectivity index (χ1n) is 5.48. The number of nitrogens with one attached hydrogen (secondary N) is 1. The molecule has 0 saturated carbocycles. The molecule has 1 aliphatic heterocycles. The molecule has 0 spiro atoms. The largest absolute Gasteiger partial charge is 0.388 e. The first-order chi connectivity index (χ1) is 7.24. The van der Waals surface area contributed by atoms with Crippen LogP contribution in [0.3, 0.4) is 0 Å². The Balaban J connectivity index is 2.56. The van der Waals surface area contributed by atoms with Gasteiger partial charge in [-0.05, 0) is 27.7 Å². The van der Waals surface area contributed by atoms with Gasteiger partial charge in [0, 0.05) is 0 Å². The maximum Gasteiger partial charge on any atom is 0.252 e. The zero-order valence-electron chi connectivity index (χ0n) is 10.4. The molecule has 1 aliphatic rings. The van der Waals surface area contributed by atoms with E-state index in [0.717, 1.165) is 0 Å². The molecule has 0 bridgehead atoms. The van der Waals surface area contributed by atoms with E-state index in [1.165, 1.54) is 0 Å². The van der Waals surface area contributed by atoms with Gasteiger partial charge in [0.05, 0.1) is 31.0 Å². The molecule has 5 heteroatoms. The van der Waals surface area contributed by atoms with Crippen LogP contribution in [-0.2, 0) is 14.3 Å². The number of aliphatic hydroxyl groups is 1. The summed E-state index contributed by atoms with van der Waals surface area (Å²) >= 11 is 0. The summed E-state index contributed by atoms with van der Waals surface area (Å²) in [6.07, 6.45) is -0.574. The van der Waals surface area contributed by atoms with Gasteiger partial charge in [-0.25, -0.2) is 0 Å². The monoisotopic (exact) mass is 231 g/mol. The molecule has 2 N–H and O–H groups in total. The van der Waals surface area contributed by atoms with E-state index < -0.39 is 17.2 Å². The lowest BCUT2D eigenvalue weighted by Gasteiger charge is -2.39. The maximum atomic E-state index is 11.8. The van der Waals surface area contributed by atoms with Gasteiger partial charge in [0.2, 0.25) is 0 Å². The summed E-state index contributed by atoms with van der Waals surface area (Å²) in [6, 6.07) is 0. The molecule has 1 saturated heterocycles. The van der Waals surface area contributed by atoms with E-state index in [0.29, 0.717) is 13.2 Å². The van der Waals surface area contributed by atoms with Crippen molar-refractivity contribution in [3.05, 3.63) is 0 Å². The molecule has 1 fully saturated rings. The Labute approximate surface area is 96.1 Å². The van der Waals surface area contributed by atoms with E-state index in [1.54, 1.807) is 27.7 Å². The van der Waals surface area contributed by atoms with Crippen LogP contribution in [0.25, 0.3) is 0 Å². The Kier molecular flexibility index (Phi) is 3.93. The standard InChI is InChI=1S/C11H21NO4/c1-10(2,11(3,4)14)12-9(13)8-7-15-5-6-16-8/h8,14H,5-7H2,1-4H3,(H,12,13). The van der Waals surface area contributed by atoms with E-state index in [4.69, 9.17) is 9.47 Å². The Morgan fingerprint density at radius 3 is 2.38 bits per heavy atom. The normalized spacial score (nSPS) is 22.9. The van der Waals surface area contributed by atoms with Gasteiger partial charge in [-0.3, -0.25) is 4.79 Å². The molecule has 1 unspecified atom stereocenters. The summed E-state index contributed by atoms with van der Waals surface area (Å²) < 4.78 is 10.4. The summed E-state index contributed by atoms with van der Waals surface area (Å²) in [5.74, 6) is -0.244. The number of ether oxygens (including phenoxy) is 2. The molecular formula is C11H21NO4.